The molecule has 1 aliphatic rings. The predicted octanol–water partition coefficient (Wildman–Crippen LogP) is -0.260. The number of hydrogen-bond acceptors (Lipinski definition) is 2. The molecule has 0 aromatic carbocycles. The number of H-pyrrole nitrogens is 1. The average Bonchev–Trinajstić information content (AvgIpc) is 2.92. The van der Waals surface area contributed by atoms with Crippen molar-refractivity contribution in [1.82, 2.24) is 15.1 Å². The first-order chi connectivity index (χ1) is 6.66. The lowest BCUT2D eigenvalue weighted by molar-refractivity contribution is -0.122. The van der Waals surface area contributed by atoms with Crippen LogP contribution in [0.2, 0.25) is 0 Å². The molecule has 0 aliphatic heterocycles. The topological polar surface area (TPSA) is 66.9 Å². The van der Waals surface area contributed by atoms with Crippen molar-refractivity contribution in [2.45, 2.75) is 19.4 Å². The third kappa shape index (κ3) is 1.86. The summed E-state index contributed by atoms with van der Waals surface area (Å²) in [5.74, 6) is 0.306. The summed E-state index contributed by atoms with van der Waals surface area (Å²) in [6.45, 7) is 0.408. The van der Waals surface area contributed by atoms with E-state index in [4.69, 9.17) is 0 Å². The van der Waals surface area contributed by atoms with Crippen LogP contribution in [0.5, 0.6) is 0 Å². The molecule has 1 heterocycles. The Kier molecular flexibility index (Phi) is 2.15. The summed E-state index contributed by atoms with van der Waals surface area (Å²) in [6, 6.07) is 1.49. The van der Waals surface area contributed by atoms with Crippen molar-refractivity contribution in [1.29, 1.82) is 0 Å². The van der Waals surface area contributed by atoms with Gasteiger partial charge in [-0.1, -0.05) is 0 Å². The van der Waals surface area contributed by atoms with Crippen LogP contribution in [0.4, 0.5) is 0 Å². The maximum atomic E-state index is 11.3. The van der Waals surface area contributed by atoms with E-state index in [1.165, 1.54) is 10.7 Å². The highest BCUT2D eigenvalue weighted by Gasteiger charge is 2.29. The fourth-order valence-corrected chi connectivity index (χ4v) is 1.31. The van der Waals surface area contributed by atoms with Crippen LogP contribution in [0.15, 0.2) is 10.9 Å². The molecule has 1 aliphatic carbocycles. The molecule has 1 aromatic heterocycles. The van der Waals surface area contributed by atoms with Crippen molar-refractivity contribution in [3.8, 4) is 0 Å². The number of aryl methyl sites for hydroxylation is 1. The van der Waals surface area contributed by atoms with Gasteiger partial charge in [-0.2, -0.15) is 0 Å². The monoisotopic (exact) mass is 195 g/mol. The van der Waals surface area contributed by atoms with Crippen molar-refractivity contribution in [3.63, 3.8) is 0 Å². The van der Waals surface area contributed by atoms with Crippen molar-refractivity contribution in [3.05, 3.63) is 22.1 Å². The average molecular weight is 195 g/mol. The zero-order valence-corrected chi connectivity index (χ0v) is 8.04. The van der Waals surface area contributed by atoms with E-state index in [0.29, 0.717) is 6.54 Å². The van der Waals surface area contributed by atoms with Gasteiger partial charge in [-0.05, 0) is 12.8 Å². The van der Waals surface area contributed by atoms with Crippen LogP contribution in [0.1, 0.15) is 18.5 Å². The van der Waals surface area contributed by atoms with Gasteiger partial charge in [0.2, 0.25) is 5.91 Å². The second-order valence-corrected chi connectivity index (χ2v) is 3.67. The van der Waals surface area contributed by atoms with Crippen molar-refractivity contribution in [2.75, 3.05) is 0 Å². The van der Waals surface area contributed by atoms with Crippen LogP contribution in [0.3, 0.4) is 0 Å². The van der Waals surface area contributed by atoms with Crippen molar-refractivity contribution in [2.24, 2.45) is 13.0 Å². The molecule has 1 fully saturated rings. The second-order valence-electron chi connectivity index (χ2n) is 3.67. The van der Waals surface area contributed by atoms with Crippen LogP contribution in [0, 0.1) is 5.92 Å². The Morgan fingerprint density at radius 2 is 2.43 bits per heavy atom. The molecule has 0 radical (unpaired) electrons. The number of amides is 1. The lowest BCUT2D eigenvalue weighted by atomic mass is 10.3. The summed E-state index contributed by atoms with van der Waals surface area (Å²) in [5, 5.41) is 5.63. The molecular formula is C9H13N3O2. The molecule has 0 bridgehead atoms. The van der Waals surface area contributed by atoms with Gasteiger partial charge < -0.3 is 5.32 Å². The van der Waals surface area contributed by atoms with Gasteiger partial charge in [0.15, 0.2) is 0 Å². The zero-order chi connectivity index (χ0) is 10.1. The summed E-state index contributed by atoms with van der Waals surface area (Å²) in [7, 11) is 1.65. The van der Waals surface area contributed by atoms with E-state index in [1.54, 1.807) is 7.05 Å². The predicted molar refractivity (Wildman–Crippen MR) is 50.6 cm³/mol. The molecule has 5 nitrogen and oxygen atoms in total. The van der Waals surface area contributed by atoms with Gasteiger partial charge in [-0.25, -0.2) is 0 Å². The minimum Gasteiger partial charge on any atom is -0.350 e. The molecule has 1 saturated carbocycles. The number of carbonyl (C=O) groups is 1. The molecule has 0 atom stereocenters. The maximum Gasteiger partial charge on any atom is 0.266 e. The molecule has 1 aromatic rings. The molecule has 2 rings (SSSR count). The lowest BCUT2D eigenvalue weighted by Gasteiger charge is -2.00. The molecule has 0 saturated heterocycles. The highest BCUT2D eigenvalue weighted by atomic mass is 16.2. The summed E-state index contributed by atoms with van der Waals surface area (Å²) in [4.78, 5) is 22.3. The smallest absolute Gasteiger partial charge is 0.266 e. The summed E-state index contributed by atoms with van der Waals surface area (Å²) in [5.41, 5.74) is 0.659. The standard InChI is InChI=1S/C9H13N3O2/c1-12-8(13)4-7(11-12)5-10-9(14)6-2-3-6/h4,6,11H,2-3,5H2,1H3,(H,10,14). The Labute approximate surface area is 81.1 Å². The second kappa shape index (κ2) is 3.32. The lowest BCUT2D eigenvalue weighted by Crippen LogP contribution is -2.24. The quantitative estimate of drug-likeness (QED) is 0.697. The van der Waals surface area contributed by atoms with Gasteiger partial charge in [0.05, 0.1) is 12.2 Å². The molecule has 0 unspecified atom stereocenters. The highest BCUT2D eigenvalue weighted by molar-refractivity contribution is 5.80. The fourth-order valence-electron chi connectivity index (χ4n) is 1.31. The summed E-state index contributed by atoms with van der Waals surface area (Å²) in [6.07, 6.45) is 1.99. The van der Waals surface area contributed by atoms with Gasteiger partial charge in [0, 0.05) is 19.0 Å². The third-order valence-electron chi connectivity index (χ3n) is 2.34. The number of aromatic nitrogens is 2. The van der Waals surface area contributed by atoms with Gasteiger partial charge in [0.25, 0.3) is 5.56 Å². The Morgan fingerprint density at radius 1 is 1.71 bits per heavy atom. The number of aromatic amines is 1. The van der Waals surface area contributed by atoms with Crippen molar-refractivity contribution < 1.29 is 4.79 Å². The molecule has 76 valence electrons. The van der Waals surface area contributed by atoms with Gasteiger partial charge >= 0.3 is 0 Å². The molecule has 0 spiro atoms. The molecule has 1 amide bonds. The maximum absolute atomic E-state index is 11.3. The fraction of sp³-hybridized carbons (Fsp3) is 0.556. The van der Waals surface area contributed by atoms with Gasteiger partial charge in [0.1, 0.15) is 0 Å². The first-order valence-electron chi connectivity index (χ1n) is 4.69. The largest absolute Gasteiger partial charge is 0.350 e. The summed E-state index contributed by atoms with van der Waals surface area (Å²) < 4.78 is 1.39. The minimum absolute atomic E-state index is 0.0827. The van der Waals surface area contributed by atoms with Crippen LogP contribution < -0.4 is 10.9 Å². The number of rotatable bonds is 3. The van der Waals surface area contributed by atoms with Crippen LogP contribution in [-0.2, 0) is 18.4 Å². The van der Waals surface area contributed by atoms with E-state index >= 15 is 0 Å². The first-order valence-corrected chi connectivity index (χ1v) is 4.69. The van der Waals surface area contributed by atoms with Gasteiger partial charge in [-0.15, -0.1) is 0 Å². The Morgan fingerprint density at radius 3 is 2.93 bits per heavy atom. The highest BCUT2D eigenvalue weighted by Crippen LogP contribution is 2.28. The van der Waals surface area contributed by atoms with E-state index in [9.17, 15) is 9.59 Å². The van der Waals surface area contributed by atoms with Crippen LogP contribution >= 0.6 is 0 Å². The molecular weight excluding hydrogens is 182 g/mol. The van der Waals surface area contributed by atoms with E-state index in [-0.39, 0.29) is 17.4 Å². The van der Waals surface area contributed by atoms with Crippen LogP contribution in [-0.4, -0.2) is 15.7 Å². The normalized spacial score (nSPS) is 15.5. The van der Waals surface area contributed by atoms with Gasteiger partial charge in [-0.3, -0.25) is 19.4 Å². The number of nitrogens with one attached hydrogen (secondary N) is 2. The minimum atomic E-state index is -0.0827. The van der Waals surface area contributed by atoms with E-state index in [1.807, 2.05) is 0 Å². The number of hydrogen-bond donors (Lipinski definition) is 2. The SMILES string of the molecule is Cn1[nH]c(CNC(=O)C2CC2)cc1=O. The third-order valence-corrected chi connectivity index (χ3v) is 2.34. The van der Waals surface area contributed by atoms with Crippen molar-refractivity contribution >= 4 is 5.91 Å². The molecule has 14 heavy (non-hydrogen) atoms. The Hall–Kier alpha value is -1.52. The molecule has 2 N–H and O–H groups in total. The Bertz CT molecular complexity index is 400. The Balaban J connectivity index is 1.91. The van der Waals surface area contributed by atoms with Crippen LogP contribution in [0.25, 0.3) is 0 Å². The summed E-state index contributed by atoms with van der Waals surface area (Å²) >= 11 is 0. The number of nitrogens with zero attached hydrogens (tertiary/aromatic N) is 1. The van der Waals surface area contributed by atoms with E-state index in [2.05, 4.69) is 10.4 Å². The molecule has 5 heteroatoms. The number of carbonyl (C=O) groups excluding carboxylic acids is 1. The first kappa shape index (κ1) is 9.05. The van der Waals surface area contributed by atoms with E-state index in [0.717, 1.165) is 18.5 Å². The zero-order valence-electron chi connectivity index (χ0n) is 8.04. The van der Waals surface area contributed by atoms with E-state index < -0.39 is 0 Å².